The molecule has 0 amide bonds. The number of fused-ring (bicyclic) bond motifs is 3. The van der Waals surface area contributed by atoms with E-state index in [1.807, 2.05) is 0 Å². The van der Waals surface area contributed by atoms with Gasteiger partial charge in [-0.25, -0.2) is 8.42 Å². The molecule has 0 radical (unpaired) electrons. The van der Waals surface area contributed by atoms with Crippen molar-refractivity contribution >= 4 is 19.7 Å². The third kappa shape index (κ3) is 2.38. The quantitative estimate of drug-likeness (QED) is 0.673. The van der Waals surface area contributed by atoms with Crippen LogP contribution < -0.4 is 0 Å². The highest BCUT2D eigenvalue weighted by Gasteiger charge is 2.37. The van der Waals surface area contributed by atoms with Crippen LogP contribution in [0.2, 0.25) is 0 Å². The van der Waals surface area contributed by atoms with Crippen LogP contribution in [0.5, 0.6) is 0 Å². The summed E-state index contributed by atoms with van der Waals surface area (Å²) in [6, 6.07) is 0. The second-order valence-corrected chi connectivity index (χ2v) is 7.30. The smallest absolute Gasteiger partial charge is 0.212 e. The van der Waals surface area contributed by atoms with E-state index in [0.29, 0.717) is 11.8 Å². The van der Waals surface area contributed by atoms with Crippen molar-refractivity contribution in [2.24, 2.45) is 17.8 Å². The molecule has 3 aliphatic carbocycles. The minimum absolute atomic E-state index is 0.204. The Hall–Kier alpha value is 0.240. The van der Waals surface area contributed by atoms with Crippen molar-refractivity contribution in [3.63, 3.8) is 0 Å². The lowest BCUT2D eigenvalue weighted by Crippen LogP contribution is -2.34. The molecule has 1 unspecified atom stereocenters. The minimum atomic E-state index is -3.27. The summed E-state index contributed by atoms with van der Waals surface area (Å²) in [7, 11) is 2.00. The summed E-state index contributed by atoms with van der Waals surface area (Å²) in [5.41, 5.74) is 0. The first-order chi connectivity index (χ1) is 6.04. The summed E-state index contributed by atoms with van der Waals surface area (Å²) in [5.74, 6) is 1.98. The van der Waals surface area contributed by atoms with Gasteiger partial charge in [-0.2, -0.15) is 0 Å². The standard InChI is InChI=1S/C9H15ClO2S/c10-13(11,12)6-9-5-7-1-3-8(9)4-2-7/h7-9H,1-6H2. The SMILES string of the molecule is O=S(=O)(Cl)CC1CC2CCC1CC2. The van der Waals surface area contributed by atoms with Crippen LogP contribution in [0.1, 0.15) is 32.1 Å². The fourth-order valence-corrected chi connectivity index (χ4v) is 4.38. The summed E-state index contributed by atoms with van der Waals surface area (Å²) < 4.78 is 21.9. The van der Waals surface area contributed by atoms with Gasteiger partial charge < -0.3 is 0 Å². The maximum absolute atomic E-state index is 10.9. The molecule has 0 aromatic heterocycles. The van der Waals surface area contributed by atoms with Gasteiger partial charge in [0, 0.05) is 10.7 Å². The largest absolute Gasteiger partial charge is 0.232 e. The Morgan fingerprint density at radius 3 is 2.15 bits per heavy atom. The van der Waals surface area contributed by atoms with Crippen molar-refractivity contribution in [2.45, 2.75) is 32.1 Å². The van der Waals surface area contributed by atoms with Gasteiger partial charge in [0.05, 0.1) is 5.75 Å². The van der Waals surface area contributed by atoms with E-state index in [1.54, 1.807) is 0 Å². The molecule has 0 aliphatic heterocycles. The Balaban J connectivity index is 2.01. The van der Waals surface area contributed by atoms with E-state index in [4.69, 9.17) is 10.7 Å². The van der Waals surface area contributed by atoms with Crippen molar-refractivity contribution in [3.05, 3.63) is 0 Å². The molecule has 76 valence electrons. The molecule has 3 saturated carbocycles. The summed E-state index contributed by atoms with van der Waals surface area (Å²) in [4.78, 5) is 0. The lowest BCUT2D eigenvalue weighted by molar-refractivity contribution is 0.113. The van der Waals surface area contributed by atoms with Gasteiger partial charge in [-0.15, -0.1) is 0 Å². The molecule has 13 heavy (non-hydrogen) atoms. The lowest BCUT2D eigenvalue weighted by atomic mass is 9.65. The number of hydrogen-bond donors (Lipinski definition) is 0. The highest BCUT2D eigenvalue weighted by molar-refractivity contribution is 8.13. The van der Waals surface area contributed by atoms with Crippen LogP contribution in [-0.4, -0.2) is 14.2 Å². The number of halogens is 1. The second kappa shape index (κ2) is 3.43. The van der Waals surface area contributed by atoms with Crippen molar-refractivity contribution < 1.29 is 8.42 Å². The predicted octanol–water partition coefficient (Wildman–Crippen LogP) is 2.38. The molecular weight excluding hydrogens is 208 g/mol. The number of hydrogen-bond acceptors (Lipinski definition) is 2. The zero-order valence-electron chi connectivity index (χ0n) is 7.58. The van der Waals surface area contributed by atoms with Gasteiger partial charge in [-0.05, 0) is 37.0 Å². The van der Waals surface area contributed by atoms with Crippen LogP contribution in [-0.2, 0) is 9.05 Å². The summed E-state index contributed by atoms with van der Waals surface area (Å²) in [6.45, 7) is 0. The van der Waals surface area contributed by atoms with Gasteiger partial charge in [0.25, 0.3) is 0 Å². The molecule has 0 heterocycles. The third-order valence-electron chi connectivity index (χ3n) is 3.61. The van der Waals surface area contributed by atoms with E-state index >= 15 is 0 Å². The summed E-state index contributed by atoms with van der Waals surface area (Å²) in [5, 5.41) is 0. The second-order valence-electron chi connectivity index (χ2n) is 4.48. The lowest BCUT2D eigenvalue weighted by Gasteiger charge is -2.41. The van der Waals surface area contributed by atoms with Gasteiger partial charge in [0.2, 0.25) is 9.05 Å². The van der Waals surface area contributed by atoms with Gasteiger partial charge in [0.15, 0.2) is 0 Å². The van der Waals surface area contributed by atoms with Crippen LogP contribution >= 0.6 is 10.7 Å². The normalized spacial score (nSPS) is 39.3. The zero-order valence-corrected chi connectivity index (χ0v) is 9.15. The average molecular weight is 223 g/mol. The van der Waals surface area contributed by atoms with Gasteiger partial charge >= 0.3 is 0 Å². The first-order valence-electron chi connectivity index (χ1n) is 4.97. The maximum Gasteiger partial charge on any atom is 0.232 e. The van der Waals surface area contributed by atoms with Crippen LogP contribution in [0.15, 0.2) is 0 Å². The molecule has 1 atom stereocenters. The molecule has 0 aromatic rings. The molecule has 0 N–H and O–H groups in total. The van der Waals surface area contributed by atoms with Crippen LogP contribution in [0, 0.1) is 17.8 Å². The molecule has 0 aromatic carbocycles. The molecule has 3 fully saturated rings. The first kappa shape index (κ1) is 9.78. The fraction of sp³-hybridized carbons (Fsp3) is 1.00. The summed E-state index contributed by atoms with van der Waals surface area (Å²) in [6.07, 6.45) is 6.16. The number of rotatable bonds is 2. The first-order valence-corrected chi connectivity index (χ1v) is 7.45. The van der Waals surface area contributed by atoms with Crippen molar-refractivity contribution in [1.82, 2.24) is 0 Å². The molecule has 4 heteroatoms. The molecule has 3 rings (SSSR count). The monoisotopic (exact) mass is 222 g/mol. The molecular formula is C9H15ClO2S. The molecule has 2 bridgehead atoms. The van der Waals surface area contributed by atoms with E-state index in [2.05, 4.69) is 0 Å². The fourth-order valence-electron chi connectivity index (χ4n) is 2.98. The third-order valence-corrected chi connectivity index (χ3v) is 4.81. The van der Waals surface area contributed by atoms with E-state index in [-0.39, 0.29) is 5.75 Å². The van der Waals surface area contributed by atoms with Crippen molar-refractivity contribution in [3.8, 4) is 0 Å². The van der Waals surface area contributed by atoms with Crippen LogP contribution in [0.3, 0.4) is 0 Å². The maximum atomic E-state index is 10.9. The highest BCUT2D eigenvalue weighted by atomic mass is 35.7. The Morgan fingerprint density at radius 2 is 1.77 bits per heavy atom. The van der Waals surface area contributed by atoms with Crippen molar-refractivity contribution in [2.75, 3.05) is 5.75 Å². The Kier molecular flexibility index (Phi) is 2.58. The van der Waals surface area contributed by atoms with Crippen molar-refractivity contribution in [1.29, 1.82) is 0 Å². The topological polar surface area (TPSA) is 34.1 Å². The van der Waals surface area contributed by atoms with E-state index in [0.717, 1.165) is 12.3 Å². The predicted molar refractivity (Wildman–Crippen MR) is 53.2 cm³/mol. The zero-order chi connectivity index (χ0) is 9.47. The Bertz CT molecular complexity index is 278. The van der Waals surface area contributed by atoms with Gasteiger partial charge in [-0.1, -0.05) is 12.8 Å². The Labute approximate surface area is 84.1 Å². The van der Waals surface area contributed by atoms with Crippen LogP contribution in [0.4, 0.5) is 0 Å². The van der Waals surface area contributed by atoms with Gasteiger partial charge in [0.1, 0.15) is 0 Å². The van der Waals surface area contributed by atoms with Crippen LogP contribution in [0.25, 0.3) is 0 Å². The average Bonchev–Trinajstić information content (AvgIpc) is 2.03. The molecule has 2 nitrogen and oxygen atoms in total. The molecule has 0 spiro atoms. The Morgan fingerprint density at radius 1 is 1.15 bits per heavy atom. The van der Waals surface area contributed by atoms with E-state index in [1.165, 1.54) is 25.7 Å². The molecule has 3 aliphatic rings. The summed E-state index contributed by atoms with van der Waals surface area (Å²) >= 11 is 0. The molecule has 0 saturated heterocycles. The van der Waals surface area contributed by atoms with E-state index < -0.39 is 9.05 Å². The van der Waals surface area contributed by atoms with E-state index in [9.17, 15) is 8.42 Å². The van der Waals surface area contributed by atoms with Gasteiger partial charge in [-0.3, -0.25) is 0 Å². The minimum Gasteiger partial charge on any atom is -0.212 e. The highest BCUT2D eigenvalue weighted by Crippen LogP contribution is 2.45.